The van der Waals surface area contributed by atoms with Crippen molar-refractivity contribution in [3.05, 3.63) is 35.0 Å². The lowest BCUT2D eigenvalue weighted by molar-refractivity contribution is -0.0969. The van der Waals surface area contributed by atoms with E-state index < -0.39 is 0 Å². The van der Waals surface area contributed by atoms with Crippen LogP contribution in [-0.2, 0) is 9.47 Å². The van der Waals surface area contributed by atoms with Crippen molar-refractivity contribution in [2.75, 3.05) is 26.3 Å². The highest BCUT2D eigenvalue weighted by molar-refractivity contribution is 6.38. The third-order valence-corrected chi connectivity index (χ3v) is 5.03. The summed E-state index contributed by atoms with van der Waals surface area (Å²) >= 11 is 6.41. The smallest absolute Gasteiger partial charge is 0.271 e. The van der Waals surface area contributed by atoms with Crippen molar-refractivity contribution in [1.82, 2.24) is 9.88 Å². The largest absolute Gasteiger partial charge is 0.350 e. The second-order valence-electron chi connectivity index (χ2n) is 6.12. The maximum Gasteiger partial charge on any atom is 0.271 e. The van der Waals surface area contributed by atoms with Crippen molar-refractivity contribution in [1.29, 1.82) is 0 Å². The normalized spacial score (nSPS) is 22.8. The van der Waals surface area contributed by atoms with Crippen LogP contribution in [-0.4, -0.2) is 48.4 Å². The molecule has 1 atom stereocenters. The summed E-state index contributed by atoms with van der Waals surface area (Å²) in [6.07, 6.45) is 1.80. The number of hydrogen-bond donors (Lipinski definition) is 1. The van der Waals surface area contributed by atoms with E-state index >= 15 is 0 Å². The maximum atomic E-state index is 12.9. The molecule has 1 aromatic carbocycles. The number of ether oxygens (including phenoxy) is 2. The number of piperidine rings is 1. The van der Waals surface area contributed by atoms with Gasteiger partial charge in [0.25, 0.3) is 5.91 Å². The molecular formula is C17H19ClN2O3. The average Bonchev–Trinajstić information content (AvgIpc) is 3.23. The Bertz CT molecular complexity index is 724. The van der Waals surface area contributed by atoms with Crippen molar-refractivity contribution in [2.45, 2.75) is 19.1 Å². The Balaban J connectivity index is 1.56. The van der Waals surface area contributed by atoms with Gasteiger partial charge in [0.2, 0.25) is 0 Å². The molecule has 2 aromatic rings. The molecular weight excluding hydrogens is 316 g/mol. The van der Waals surface area contributed by atoms with Crippen molar-refractivity contribution >= 4 is 28.4 Å². The molecule has 0 radical (unpaired) electrons. The molecule has 2 saturated heterocycles. The molecule has 2 aliphatic heterocycles. The fourth-order valence-corrected chi connectivity index (χ4v) is 3.77. The maximum absolute atomic E-state index is 12.9. The highest BCUT2D eigenvalue weighted by atomic mass is 35.5. The summed E-state index contributed by atoms with van der Waals surface area (Å²) in [7, 11) is 0. The fraction of sp³-hybridized carbons (Fsp3) is 0.471. The summed E-state index contributed by atoms with van der Waals surface area (Å²) in [5.41, 5.74) is 1.36. The number of benzene rings is 1. The van der Waals surface area contributed by atoms with Crippen LogP contribution in [0.2, 0.25) is 5.02 Å². The molecule has 2 aliphatic rings. The topological polar surface area (TPSA) is 54.6 Å². The number of halogens is 1. The lowest BCUT2D eigenvalue weighted by Crippen LogP contribution is -2.44. The number of carbonyl (C=O) groups is 1. The third kappa shape index (κ3) is 2.73. The van der Waals surface area contributed by atoms with E-state index in [4.69, 9.17) is 21.1 Å². The molecule has 122 valence electrons. The molecule has 0 aliphatic carbocycles. The van der Waals surface area contributed by atoms with Crippen LogP contribution in [0.5, 0.6) is 0 Å². The van der Waals surface area contributed by atoms with E-state index in [-0.39, 0.29) is 18.1 Å². The average molecular weight is 335 g/mol. The van der Waals surface area contributed by atoms with E-state index in [0.29, 0.717) is 30.5 Å². The summed E-state index contributed by atoms with van der Waals surface area (Å²) in [4.78, 5) is 17.9. The predicted molar refractivity (Wildman–Crippen MR) is 87.6 cm³/mol. The molecule has 1 aromatic heterocycles. The van der Waals surface area contributed by atoms with E-state index in [1.54, 1.807) is 0 Å². The highest BCUT2D eigenvalue weighted by Gasteiger charge is 2.34. The van der Waals surface area contributed by atoms with Crippen molar-refractivity contribution < 1.29 is 14.3 Å². The fourth-order valence-electron chi connectivity index (χ4n) is 3.48. The van der Waals surface area contributed by atoms with Gasteiger partial charge < -0.3 is 19.4 Å². The number of hydrogen-bond acceptors (Lipinski definition) is 3. The minimum Gasteiger partial charge on any atom is -0.350 e. The molecule has 3 heterocycles. The van der Waals surface area contributed by atoms with Crippen molar-refractivity contribution in [3.63, 3.8) is 0 Å². The van der Waals surface area contributed by atoms with Crippen LogP contribution < -0.4 is 0 Å². The highest BCUT2D eigenvalue weighted by Crippen LogP contribution is 2.30. The summed E-state index contributed by atoms with van der Waals surface area (Å²) < 4.78 is 11.2. The Labute approximate surface area is 139 Å². The number of H-pyrrole nitrogens is 1. The predicted octanol–water partition coefficient (Wildman–Crippen LogP) is 3.05. The van der Waals surface area contributed by atoms with Crippen LogP contribution in [0.25, 0.3) is 10.9 Å². The van der Waals surface area contributed by atoms with Gasteiger partial charge >= 0.3 is 0 Å². The number of amides is 1. The SMILES string of the molecule is O=C(c1[nH]c2ccccc2c1Cl)N1CCCC(C2OCCO2)C1. The zero-order valence-corrected chi connectivity index (χ0v) is 13.5. The van der Waals surface area contributed by atoms with E-state index in [2.05, 4.69) is 4.98 Å². The zero-order valence-electron chi connectivity index (χ0n) is 12.8. The molecule has 0 saturated carbocycles. The first-order valence-electron chi connectivity index (χ1n) is 8.03. The minimum absolute atomic E-state index is 0.0473. The van der Waals surface area contributed by atoms with Crippen molar-refractivity contribution in [3.8, 4) is 0 Å². The van der Waals surface area contributed by atoms with Gasteiger partial charge in [0.15, 0.2) is 6.29 Å². The van der Waals surface area contributed by atoms with Crippen molar-refractivity contribution in [2.24, 2.45) is 5.92 Å². The standard InChI is InChI=1S/C17H19ClN2O3/c18-14-12-5-1-2-6-13(12)19-15(14)16(21)20-7-3-4-11(10-20)17-22-8-9-23-17/h1-2,5-6,11,17,19H,3-4,7-10H2. The summed E-state index contributed by atoms with van der Waals surface area (Å²) in [6.45, 7) is 2.68. The molecule has 2 fully saturated rings. The van der Waals surface area contributed by atoms with Gasteiger partial charge in [-0.1, -0.05) is 29.8 Å². The Morgan fingerprint density at radius 2 is 2.04 bits per heavy atom. The zero-order chi connectivity index (χ0) is 15.8. The van der Waals surface area contributed by atoms with Gasteiger partial charge in [0, 0.05) is 29.9 Å². The lowest BCUT2D eigenvalue weighted by atomic mass is 9.97. The Morgan fingerprint density at radius 3 is 2.83 bits per heavy atom. The van der Waals surface area contributed by atoms with Gasteiger partial charge in [0.1, 0.15) is 5.69 Å². The number of fused-ring (bicyclic) bond motifs is 1. The van der Waals surface area contributed by atoms with Crippen LogP contribution in [0.3, 0.4) is 0 Å². The van der Waals surface area contributed by atoms with Gasteiger partial charge in [-0.25, -0.2) is 0 Å². The molecule has 6 heteroatoms. The first-order valence-corrected chi connectivity index (χ1v) is 8.40. The molecule has 0 spiro atoms. The van der Waals surface area contributed by atoms with E-state index in [0.717, 1.165) is 30.3 Å². The first kappa shape index (κ1) is 15.0. The van der Waals surface area contributed by atoms with E-state index in [9.17, 15) is 4.79 Å². The second kappa shape index (κ2) is 6.15. The van der Waals surface area contributed by atoms with Gasteiger partial charge in [0.05, 0.1) is 18.2 Å². The van der Waals surface area contributed by atoms with Crippen LogP contribution in [0.1, 0.15) is 23.3 Å². The third-order valence-electron chi connectivity index (χ3n) is 4.63. The quantitative estimate of drug-likeness (QED) is 0.918. The van der Waals surface area contributed by atoms with Gasteiger partial charge in [-0.3, -0.25) is 4.79 Å². The number of carbonyl (C=O) groups excluding carboxylic acids is 1. The number of nitrogens with zero attached hydrogens (tertiary/aromatic N) is 1. The van der Waals surface area contributed by atoms with Gasteiger partial charge in [-0.05, 0) is 18.9 Å². The summed E-state index contributed by atoms with van der Waals surface area (Å²) in [6, 6.07) is 7.69. The minimum atomic E-state index is -0.177. The van der Waals surface area contributed by atoms with Crippen LogP contribution >= 0.6 is 11.6 Å². The van der Waals surface area contributed by atoms with E-state index in [1.165, 1.54) is 0 Å². The van der Waals surface area contributed by atoms with Crippen LogP contribution in [0.15, 0.2) is 24.3 Å². The number of likely N-dealkylation sites (tertiary alicyclic amines) is 1. The van der Waals surface area contributed by atoms with Gasteiger partial charge in [-0.15, -0.1) is 0 Å². The molecule has 23 heavy (non-hydrogen) atoms. The van der Waals surface area contributed by atoms with Gasteiger partial charge in [-0.2, -0.15) is 0 Å². The Hall–Kier alpha value is -1.56. The van der Waals surface area contributed by atoms with Crippen LogP contribution in [0, 0.1) is 5.92 Å². The Kier molecular flexibility index (Phi) is 4.01. The van der Waals surface area contributed by atoms with E-state index in [1.807, 2.05) is 29.2 Å². The molecule has 0 bridgehead atoms. The summed E-state index contributed by atoms with van der Waals surface area (Å²) in [5.74, 6) is 0.187. The molecule has 1 N–H and O–H groups in total. The first-order chi connectivity index (χ1) is 11.2. The molecule has 1 unspecified atom stereocenters. The summed E-state index contributed by atoms with van der Waals surface area (Å²) in [5, 5.41) is 1.38. The van der Waals surface area contributed by atoms with Crippen LogP contribution in [0.4, 0.5) is 0 Å². The Morgan fingerprint density at radius 1 is 1.26 bits per heavy atom. The molecule has 1 amide bonds. The number of rotatable bonds is 2. The number of aromatic nitrogens is 1. The number of nitrogens with one attached hydrogen (secondary N) is 1. The second-order valence-corrected chi connectivity index (χ2v) is 6.50. The lowest BCUT2D eigenvalue weighted by Gasteiger charge is -2.34. The number of aromatic amines is 1. The molecule has 4 rings (SSSR count). The monoisotopic (exact) mass is 334 g/mol. The number of para-hydroxylation sites is 1. The molecule has 5 nitrogen and oxygen atoms in total.